The Morgan fingerprint density at radius 3 is 2.42 bits per heavy atom. The molecule has 2 rings (SSSR count). The van der Waals surface area contributed by atoms with Crippen molar-refractivity contribution in [2.45, 2.75) is 32.3 Å². The van der Waals surface area contributed by atoms with Crippen LogP contribution in [-0.2, 0) is 24.0 Å². The first-order valence-corrected chi connectivity index (χ1v) is 8.37. The van der Waals surface area contributed by atoms with Crippen LogP contribution in [0, 0.1) is 0 Å². The summed E-state index contributed by atoms with van der Waals surface area (Å²) in [4.78, 5) is 12.2. The van der Waals surface area contributed by atoms with Crippen molar-refractivity contribution in [1.29, 1.82) is 0 Å². The van der Waals surface area contributed by atoms with Crippen molar-refractivity contribution in [3.05, 3.63) is 70.8 Å². The first kappa shape index (κ1) is 19.5. The van der Waals surface area contributed by atoms with Crippen molar-refractivity contribution >= 4 is 5.97 Å². The third-order valence-corrected chi connectivity index (χ3v) is 4.35. The van der Waals surface area contributed by atoms with Gasteiger partial charge < -0.3 is 20.1 Å². The standard InChI is InChI=1S/C21H24O5/c1-13(2)17(22)12-16-18(23)11-15(19(20(16)24)21(25)26-3)10-9-14-7-5-4-6-8-14/h4-8,11,17,22-24H,1,9-10,12H2,2-3H3. The molecule has 0 saturated heterocycles. The van der Waals surface area contributed by atoms with Crippen LogP contribution < -0.4 is 0 Å². The number of aliphatic hydroxyl groups excluding tert-OH is 1. The van der Waals surface area contributed by atoms with Gasteiger partial charge in [-0.25, -0.2) is 4.79 Å². The van der Waals surface area contributed by atoms with E-state index in [9.17, 15) is 20.1 Å². The summed E-state index contributed by atoms with van der Waals surface area (Å²) in [6, 6.07) is 11.2. The molecule has 2 aromatic rings. The van der Waals surface area contributed by atoms with Gasteiger partial charge in [0.15, 0.2) is 0 Å². The average molecular weight is 356 g/mol. The molecule has 0 aliphatic heterocycles. The number of carbonyl (C=O) groups is 1. The van der Waals surface area contributed by atoms with E-state index < -0.39 is 12.1 Å². The minimum atomic E-state index is -0.938. The molecular weight excluding hydrogens is 332 g/mol. The molecule has 0 aromatic heterocycles. The summed E-state index contributed by atoms with van der Waals surface area (Å²) in [6.45, 7) is 5.31. The van der Waals surface area contributed by atoms with Gasteiger partial charge in [-0.3, -0.25) is 0 Å². The van der Waals surface area contributed by atoms with E-state index in [1.807, 2.05) is 30.3 Å². The lowest BCUT2D eigenvalue weighted by Gasteiger charge is -2.17. The number of methoxy groups -OCH3 is 1. The van der Waals surface area contributed by atoms with Crippen molar-refractivity contribution in [3.63, 3.8) is 0 Å². The van der Waals surface area contributed by atoms with Gasteiger partial charge in [-0.1, -0.05) is 42.5 Å². The molecular formula is C21H24O5. The Labute approximate surface area is 153 Å². The quantitative estimate of drug-likeness (QED) is 0.524. The molecule has 1 unspecified atom stereocenters. The average Bonchev–Trinajstić information content (AvgIpc) is 2.63. The Bertz CT molecular complexity index is 796. The molecule has 1 atom stereocenters. The van der Waals surface area contributed by atoms with Gasteiger partial charge in [0.25, 0.3) is 0 Å². The molecule has 3 N–H and O–H groups in total. The minimum absolute atomic E-state index is 0.0187. The fourth-order valence-corrected chi connectivity index (χ4v) is 2.77. The number of benzene rings is 2. The first-order chi connectivity index (χ1) is 12.3. The van der Waals surface area contributed by atoms with Gasteiger partial charge >= 0.3 is 5.97 Å². The Balaban J connectivity index is 2.41. The Morgan fingerprint density at radius 1 is 1.19 bits per heavy atom. The van der Waals surface area contributed by atoms with Crippen molar-refractivity contribution in [2.75, 3.05) is 7.11 Å². The predicted molar refractivity (Wildman–Crippen MR) is 99.5 cm³/mol. The second kappa shape index (κ2) is 8.54. The van der Waals surface area contributed by atoms with Crippen molar-refractivity contribution in [2.24, 2.45) is 0 Å². The molecule has 138 valence electrons. The summed E-state index contributed by atoms with van der Waals surface area (Å²) in [5.41, 5.74) is 2.18. The molecule has 0 bridgehead atoms. The molecule has 0 saturated carbocycles. The fraction of sp³-hybridized carbons (Fsp3) is 0.286. The Hall–Kier alpha value is -2.79. The molecule has 0 heterocycles. The first-order valence-electron chi connectivity index (χ1n) is 8.37. The van der Waals surface area contributed by atoms with E-state index in [0.717, 1.165) is 5.56 Å². The molecule has 0 spiro atoms. The molecule has 26 heavy (non-hydrogen) atoms. The lowest BCUT2D eigenvalue weighted by molar-refractivity contribution is 0.0595. The van der Waals surface area contributed by atoms with Crippen LogP contribution in [0.5, 0.6) is 11.5 Å². The molecule has 0 amide bonds. The van der Waals surface area contributed by atoms with Gasteiger partial charge in [-0.2, -0.15) is 0 Å². The monoisotopic (exact) mass is 356 g/mol. The summed E-state index contributed by atoms with van der Waals surface area (Å²) >= 11 is 0. The fourth-order valence-electron chi connectivity index (χ4n) is 2.77. The van der Waals surface area contributed by atoms with E-state index >= 15 is 0 Å². The summed E-state index contributed by atoms with van der Waals surface area (Å²) < 4.78 is 4.80. The summed E-state index contributed by atoms with van der Waals surface area (Å²) in [6.07, 6.45) is 0.0965. The van der Waals surface area contributed by atoms with Gasteiger partial charge in [-0.05, 0) is 37.0 Å². The van der Waals surface area contributed by atoms with E-state index in [0.29, 0.717) is 24.0 Å². The van der Waals surface area contributed by atoms with Crippen molar-refractivity contribution in [1.82, 2.24) is 0 Å². The zero-order valence-corrected chi connectivity index (χ0v) is 15.0. The molecule has 2 aromatic carbocycles. The number of aromatic hydroxyl groups is 2. The van der Waals surface area contributed by atoms with Crippen LogP contribution in [0.4, 0.5) is 0 Å². The maximum Gasteiger partial charge on any atom is 0.341 e. The number of carbonyl (C=O) groups excluding carboxylic acids is 1. The topological polar surface area (TPSA) is 87.0 Å². The second-order valence-electron chi connectivity index (χ2n) is 6.30. The zero-order chi connectivity index (χ0) is 19.3. The zero-order valence-electron chi connectivity index (χ0n) is 15.0. The number of hydrogen-bond donors (Lipinski definition) is 3. The van der Waals surface area contributed by atoms with Crippen LogP contribution >= 0.6 is 0 Å². The lowest BCUT2D eigenvalue weighted by atomic mass is 9.93. The molecule has 5 heteroatoms. The van der Waals surface area contributed by atoms with Gasteiger partial charge in [0, 0.05) is 12.0 Å². The van der Waals surface area contributed by atoms with Crippen LogP contribution in [0.15, 0.2) is 48.6 Å². The number of phenolic OH excluding ortho intramolecular Hbond substituents is 2. The number of aryl methyl sites for hydroxylation is 2. The summed E-state index contributed by atoms with van der Waals surface area (Å²) in [5.74, 6) is -1.21. The molecule has 0 aliphatic rings. The Morgan fingerprint density at radius 2 is 1.85 bits per heavy atom. The van der Waals surface area contributed by atoms with Crippen LogP contribution in [0.25, 0.3) is 0 Å². The third kappa shape index (κ3) is 4.43. The number of aliphatic hydroxyl groups is 1. The predicted octanol–water partition coefficient (Wildman–Crippen LogP) is 3.15. The van der Waals surface area contributed by atoms with E-state index in [1.54, 1.807) is 6.92 Å². The number of phenols is 2. The van der Waals surface area contributed by atoms with Crippen molar-refractivity contribution in [3.8, 4) is 11.5 Å². The van der Waals surface area contributed by atoms with Gasteiger partial charge in [0.2, 0.25) is 0 Å². The number of rotatable bonds is 7. The third-order valence-electron chi connectivity index (χ3n) is 4.35. The highest BCUT2D eigenvalue weighted by Gasteiger charge is 2.24. The molecule has 0 radical (unpaired) electrons. The van der Waals surface area contributed by atoms with Gasteiger partial charge in [-0.15, -0.1) is 0 Å². The van der Waals surface area contributed by atoms with Crippen LogP contribution in [-0.4, -0.2) is 34.5 Å². The largest absolute Gasteiger partial charge is 0.508 e. The molecule has 5 nitrogen and oxygen atoms in total. The smallest absolute Gasteiger partial charge is 0.341 e. The molecule has 0 aliphatic carbocycles. The highest BCUT2D eigenvalue weighted by atomic mass is 16.5. The van der Waals surface area contributed by atoms with E-state index in [-0.39, 0.29) is 29.0 Å². The van der Waals surface area contributed by atoms with Gasteiger partial charge in [0.05, 0.1) is 13.2 Å². The van der Waals surface area contributed by atoms with E-state index in [1.165, 1.54) is 13.2 Å². The highest BCUT2D eigenvalue weighted by Crippen LogP contribution is 2.36. The Kier molecular flexibility index (Phi) is 6.41. The molecule has 0 fully saturated rings. The second-order valence-corrected chi connectivity index (χ2v) is 6.30. The number of esters is 1. The highest BCUT2D eigenvalue weighted by molar-refractivity contribution is 5.95. The van der Waals surface area contributed by atoms with Crippen LogP contribution in [0.3, 0.4) is 0 Å². The number of hydrogen-bond acceptors (Lipinski definition) is 5. The summed E-state index contributed by atoms with van der Waals surface area (Å²) in [7, 11) is 1.23. The van der Waals surface area contributed by atoms with E-state index in [2.05, 4.69) is 6.58 Å². The van der Waals surface area contributed by atoms with Crippen LogP contribution in [0.1, 0.15) is 34.0 Å². The maximum absolute atomic E-state index is 12.2. The van der Waals surface area contributed by atoms with E-state index in [4.69, 9.17) is 4.74 Å². The number of ether oxygens (including phenoxy) is 1. The van der Waals surface area contributed by atoms with Crippen LogP contribution in [0.2, 0.25) is 0 Å². The summed E-state index contributed by atoms with van der Waals surface area (Å²) in [5, 5.41) is 30.9. The lowest BCUT2D eigenvalue weighted by Crippen LogP contribution is -2.14. The van der Waals surface area contributed by atoms with Crippen molar-refractivity contribution < 1.29 is 24.9 Å². The van der Waals surface area contributed by atoms with Gasteiger partial charge in [0.1, 0.15) is 17.1 Å². The SMILES string of the molecule is C=C(C)C(O)Cc1c(O)cc(CCc2ccccc2)c(C(=O)OC)c1O. The maximum atomic E-state index is 12.2. The normalized spacial score (nSPS) is 11.8. The minimum Gasteiger partial charge on any atom is -0.508 e.